The predicted octanol–water partition coefficient (Wildman–Crippen LogP) is 3.39. The molecule has 3 aliphatic rings. The number of rotatable bonds is 10. The van der Waals surface area contributed by atoms with Crippen molar-refractivity contribution in [2.75, 3.05) is 24.7 Å². The third-order valence-corrected chi connectivity index (χ3v) is 7.89. The summed E-state index contributed by atoms with van der Waals surface area (Å²) >= 11 is 5.62. The van der Waals surface area contributed by atoms with E-state index in [-0.39, 0.29) is 52.4 Å². The van der Waals surface area contributed by atoms with Crippen molar-refractivity contribution >= 4 is 27.3 Å². The number of hydrogen-bond acceptors (Lipinski definition) is 5. The Labute approximate surface area is 185 Å². The Bertz CT molecular complexity index is 1060. The van der Waals surface area contributed by atoms with Gasteiger partial charge < -0.3 is 14.8 Å². The number of amides is 1. The Kier molecular flexibility index (Phi) is 5.87. The van der Waals surface area contributed by atoms with E-state index in [1.54, 1.807) is 12.1 Å². The zero-order valence-corrected chi connectivity index (χ0v) is 18.3. The first kappa shape index (κ1) is 21.9. The minimum absolute atomic E-state index is 0.0162. The summed E-state index contributed by atoms with van der Waals surface area (Å²) in [6.45, 7) is -0.127. The topological polar surface area (TPSA) is 81.7 Å². The summed E-state index contributed by atoms with van der Waals surface area (Å²) < 4.78 is 49.1. The molecular formula is C22H23ClFNO5S. The van der Waals surface area contributed by atoms with E-state index < -0.39 is 15.7 Å². The van der Waals surface area contributed by atoms with E-state index in [0.717, 1.165) is 6.07 Å². The van der Waals surface area contributed by atoms with Crippen LogP contribution in [0, 0.1) is 11.2 Å². The third-order valence-electron chi connectivity index (χ3n) is 5.74. The molecule has 0 aromatic heterocycles. The molecule has 0 spiro atoms. The summed E-state index contributed by atoms with van der Waals surface area (Å²) in [6.07, 6.45) is 1.92. The molecular weight excluding hydrogens is 445 g/mol. The van der Waals surface area contributed by atoms with E-state index in [9.17, 15) is 17.6 Å². The van der Waals surface area contributed by atoms with E-state index in [1.165, 1.54) is 12.1 Å². The van der Waals surface area contributed by atoms with E-state index in [0.29, 0.717) is 25.0 Å². The molecule has 0 saturated heterocycles. The van der Waals surface area contributed by atoms with Crippen LogP contribution in [0.5, 0.6) is 11.5 Å². The Balaban J connectivity index is 1.18. The summed E-state index contributed by atoms with van der Waals surface area (Å²) in [5.74, 6) is 0.00706. The summed E-state index contributed by atoms with van der Waals surface area (Å²) in [6, 6.07) is 13.1. The zero-order chi connectivity index (χ0) is 22.1. The van der Waals surface area contributed by atoms with E-state index >= 15 is 0 Å². The Morgan fingerprint density at radius 1 is 1.06 bits per heavy atom. The van der Waals surface area contributed by atoms with Gasteiger partial charge in [0, 0.05) is 11.6 Å². The highest BCUT2D eigenvalue weighted by atomic mass is 35.5. The van der Waals surface area contributed by atoms with Gasteiger partial charge in [-0.05, 0) is 48.9 Å². The van der Waals surface area contributed by atoms with Crippen molar-refractivity contribution in [3.63, 3.8) is 0 Å². The number of halogens is 2. The second kappa shape index (κ2) is 8.31. The second-order valence-electron chi connectivity index (χ2n) is 8.48. The lowest BCUT2D eigenvalue weighted by Gasteiger charge is -2.70. The van der Waals surface area contributed by atoms with Crippen molar-refractivity contribution in [1.82, 2.24) is 5.32 Å². The van der Waals surface area contributed by atoms with Crippen LogP contribution in [0.4, 0.5) is 4.39 Å². The second-order valence-corrected chi connectivity index (χ2v) is 11.1. The van der Waals surface area contributed by atoms with Gasteiger partial charge in [-0.1, -0.05) is 29.8 Å². The molecule has 9 heteroatoms. The maximum Gasteiger partial charge on any atom is 0.258 e. The molecule has 0 aliphatic heterocycles. The van der Waals surface area contributed by atoms with Crippen molar-refractivity contribution in [2.45, 2.75) is 24.8 Å². The van der Waals surface area contributed by atoms with Gasteiger partial charge >= 0.3 is 0 Å². The summed E-state index contributed by atoms with van der Waals surface area (Å²) in [4.78, 5) is 12.2. The number of ether oxygens (including phenoxy) is 2. The van der Waals surface area contributed by atoms with Gasteiger partial charge in [0.25, 0.3) is 5.91 Å². The lowest BCUT2D eigenvalue weighted by atomic mass is 9.40. The van der Waals surface area contributed by atoms with Crippen molar-refractivity contribution in [1.29, 1.82) is 0 Å². The van der Waals surface area contributed by atoms with Crippen LogP contribution in [0.1, 0.15) is 19.3 Å². The highest BCUT2D eigenvalue weighted by molar-refractivity contribution is 7.91. The lowest BCUT2D eigenvalue weighted by molar-refractivity contribution is -0.156. The van der Waals surface area contributed by atoms with Crippen LogP contribution in [0.3, 0.4) is 0 Å². The van der Waals surface area contributed by atoms with Gasteiger partial charge in [0.15, 0.2) is 16.4 Å². The van der Waals surface area contributed by atoms with Crippen molar-refractivity contribution in [2.24, 2.45) is 5.41 Å². The summed E-state index contributed by atoms with van der Waals surface area (Å²) in [5.41, 5.74) is -0.596. The maximum atomic E-state index is 13.4. The number of hydrogen-bond donors (Lipinski definition) is 1. The summed E-state index contributed by atoms with van der Waals surface area (Å²) in [5, 5.41) is 2.91. The largest absolute Gasteiger partial charge is 0.493 e. The molecule has 3 fully saturated rings. The highest BCUT2D eigenvalue weighted by Crippen LogP contribution is 2.67. The molecule has 0 radical (unpaired) electrons. The first-order chi connectivity index (χ1) is 14.7. The molecule has 0 heterocycles. The molecule has 0 unspecified atom stereocenters. The number of carbonyl (C=O) groups excluding carboxylic acids is 1. The van der Waals surface area contributed by atoms with E-state index in [4.69, 9.17) is 21.1 Å². The predicted molar refractivity (Wildman–Crippen MR) is 115 cm³/mol. The van der Waals surface area contributed by atoms with Gasteiger partial charge in [0.05, 0.1) is 16.5 Å². The van der Waals surface area contributed by atoms with Crippen LogP contribution in [-0.4, -0.2) is 44.6 Å². The Morgan fingerprint density at radius 2 is 1.77 bits per heavy atom. The normalized spacial score (nSPS) is 23.9. The van der Waals surface area contributed by atoms with E-state index in [2.05, 4.69) is 5.32 Å². The van der Waals surface area contributed by atoms with Crippen molar-refractivity contribution in [3.8, 4) is 11.5 Å². The standard InChI is InChI=1S/C22H23ClFNO5S/c23-18-7-6-17(10-19(18)24)30-11-20(26)25-22-12-21(13-22,14-22)15-31(27,28)9-8-29-16-4-2-1-3-5-16/h1-7,10H,8-9,11-15H2,(H,25,26). The van der Waals surface area contributed by atoms with Crippen LogP contribution in [0.15, 0.2) is 48.5 Å². The van der Waals surface area contributed by atoms with Gasteiger partial charge in [-0.15, -0.1) is 0 Å². The van der Waals surface area contributed by atoms with Crippen molar-refractivity contribution < 1.29 is 27.1 Å². The van der Waals surface area contributed by atoms with Gasteiger partial charge in [0.1, 0.15) is 23.9 Å². The fraction of sp³-hybridized carbons (Fsp3) is 0.409. The fourth-order valence-electron chi connectivity index (χ4n) is 4.67. The van der Waals surface area contributed by atoms with Gasteiger partial charge in [0.2, 0.25) is 0 Å². The molecule has 1 N–H and O–H groups in total. The molecule has 2 bridgehead atoms. The maximum absolute atomic E-state index is 13.4. The SMILES string of the molecule is O=C(COc1ccc(Cl)c(F)c1)NC12CC(CS(=O)(=O)CCOc3ccccc3)(C1)C2. The molecule has 3 saturated carbocycles. The number of carbonyl (C=O) groups is 1. The molecule has 2 aromatic carbocycles. The molecule has 6 nitrogen and oxygen atoms in total. The molecule has 2 aromatic rings. The smallest absolute Gasteiger partial charge is 0.258 e. The lowest BCUT2D eigenvalue weighted by Crippen LogP contribution is -2.76. The van der Waals surface area contributed by atoms with Gasteiger partial charge in [-0.2, -0.15) is 0 Å². The van der Waals surface area contributed by atoms with Crippen LogP contribution >= 0.6 is 11.6 Å². The fourth-order valence-corrected chi connectivity index (χ4v) is 6.51. The van der Waals surface area contributed by atoms with Crippen LogP contribution in [-0.2, 0) is 14.6 Å². The number of sulfone groups is 1. The van der Waals surface area contributed by atoms with Gasteiger partial charge in [-0.25, -0.2) is 12.8 Å². The average Bonchev–Trinajstić information content (AvgIpc) is 2.67. The van der Waals surface area contributed by atoms with Gasteiger partial charge in [-0.3, -0.25) is 4.79 Å². The quantitative estimate of drug-likeness (QED) is 0.579. The molecule has 5 rings (SSSR count). The van der Waals surface area contributed by atoms with Crippen LogP contribution in [0.2, 0.25) is 5.02 Å². The first-order valence-electron chi connectivity index (χ1n) is 9.96. The average molecular weight is 468 g/mol. The molecule has 31 heavy (non-hydrogen) atoms. The minimum atomic E-state index is -3.25. The monoisotopic (exact) mass is 467 g/mol. The number of benzene rings is 2. The molecule has 166 valence electrons. The van der Waals surface area contributed by atoms with Crippen LogP contribution in [0.25, 0.3) is 0 Å². The molecule has 1 amide bonds. The number of nitrogens with one attached hydrogen (secondary N) is 1. The zero-order valence-electron chi connectivity index (χ0n) is 16.8. The van der Waals surface area contributed by atoms with Crippen molar-refractivity contribution in [3.05, 3.63) is 59.4 Å². The summed E-state index contributed by atoms with van der Waals surface area (Å²) in [7, 11) is -3.25. The molecule has 3 aliphatic carbocycles. The highest BCUT2D eigenvalue weighted by Gasteiger charge is 2.69. The Morgan fingerprint density at radius 3 is 2.45 bits per heavy atom. The third kappa shape index (κ3) is 5.13. The Hall–Kier alpha value is -2.32. The number of para-hydroxylation sites is 1. The van der Waals surface area contributed by atoms with E-state index in [1.807, 2.05) is 18.2 Å². The minimum Gasteiger partial charge on any atom is -0.493 e. The molecule has 0 atom stereocenters. The first-order valence-corrected chi connectivity index (χ1v) is 12.2. The van der Waals surface area contributed by atoms with Crippen LogP contribution < -0.4 is 14.8 Å².